The minimum atomic E-state index is -1.20. The molecule has 5 N–H and O–H groups in total. The Morgan fingerprint density at radius 2 is 2.05 bits per heavy atom. The molecule has 0 fully saturated rings. The highest BCUT2D eigenvalue weighted by Gasteiger charge is 2.12. The molecule has 0 spiro atoms. The van der Waals surface area contributed by atoms with Gasteiger partial charge in [-0.3, -0.25) is 5.43 Å². The summed E-state index contributed by atoms with van der Waals surface area (Å²) >= 11 is 0. The molecule has 19 heavy (non-hydrogen) atoms. The predicted molar refractivity (Wildman–Crippen MR) is 69.6 cm³/mol. The Labute approximate surface area is 110 Å². The van der Waals surface area contributed by atoms with E-state index in [1.54, 1.807) is 6.21 Å². The lowest BCUT2D eigenvalue weighted by Crippen LogP contribution is -3.00. The predicted octanol–water partition coefficient (Wildman–Crippen LogP) is 0.0813. The quantitative estimate of drug-likeness (QED) is 0.273. The molecule has 106 valence electrons. The lowest BCUT2D eigenvalue weighted by molar-refractivity contribution is -0.996. The smallest absolute Gasteiger partial charge is 0.195 e. The van der Waals surface area contributed by atoms with Crippen molar-refractivity contribution in [2.75, 3.05) is 5.43 Å². The molecule has 0 saturated heterocycles. The van der Waals surface area contributed by atoms with E-state index in [9.17, 15) is 10.4 Å². The maximum absolute atomic E-state index is 11.0. The highest BCUT2D eigenvalue weighted by molar-refractivity contribution is 5.67. The monoisotopic (exact) mass is 270 g/mol. The summed E-state index contributed by atoms with van der Waals surface area (Å²) in [6.45, 7) is 2.06. The van der Waals surface area contributed by atoms with Crippen LogP contribution in [0.15, 0.2) is 23.3 Å². The third kappa shape index (κ3) is 4.91. The van der Waals surface area contributed by atoms with Crippen LogP contribution < -0.4 is 15.9 Å². The molecule has 0 aliphatic heterocycles. The van der Waals surface area contributed by atoms with E-state index >= 15 is 0 Å². The number of nitrogens with one attached hydrogen (secondary N) is 3. The summed E-state index contributed by atoms with van der Waals surface area (Å²) < 4.78 is 0. The molecule has 1 rings (SSSR count). The van der Waals surface area contributed by atoms with Gasteiger partial charge in [-0.05, 0) is 18.9 Å². The third-order valence-corrected chi connectivity index (χ3v) is 2.46. The topological polar surface area (TPSA) is 120 Å². The van der Waals surface area contributed by atoms with Crippen LogP contribution in [-0.2, 0) is 0 Å². The number of rotatable bonds is 7. The van der Waals surface area contributed by atoms with E-state index in [1.165, 1.54) is 12.1 Å². The van der Waals surface area contributed by atoms with Crippen molar-refractivity contribution in [1.82, 2.24) is 0 Å². The van der Waals surface area contributed by atoms with Gasteiger partial charge in [0.05, 0.1) is 6.07 Å². The SMILES string of the molecule is CCCCC=NNc1ccc([NH+]([O-])O)cc1[NH+]([O-])O. The van der Waals surface area contributed by atoms with Crippen molar-refractivity contribution in [3.05, 3.63) is 28.6 Å². The van der Waals surface area contributed by atoms with Gasteiger partial charge in [-0.2, -0.15) is 15.6 Å². The normalized spacial score (nSPS) is 14.6. The molecule has 8 nitrogen and oxygen atoms in total. The fourth-order valence-corrected chi connectivity index (χ4v) is 1.43. The molecule has 0 bridgehead atoms. The Bertz CT molecular complexity index is 423. The van der Waals surface area contributed by atoms with E-state index in [1.807, 2.05) is 0 Å². The molecule has 8 heteroatoms. The van der Waals surface area contributed by atoms with E-state index in [-0.39, 0.29) is 17.1 Å². The summed E-state index contributed by atoms with van der Waals surface area (Å²) in [5, 5.41) is 41.2. The van der Waals surface area contributed by atoms with Crippen molar-refractivity contribution < 1.29 is 20.9 Å². The number of hydrogen-bond donors (Lipinski definition) is 5. The minimum absolute atomic E-state index is 0.0714. The maximum Gasteiger partial charge on any atom is 0.195 e. The van der Waals surface area contributed by atoms with Crippen LogP contribution in [0.5, 0.6) is 0 Å². The van der Waals surface area contributed by atoms with Gasteiger partial charge in [0.1, 0.15) is 5.69 Å². The van der Waals surface area contributed by atoms with Crippen LogP contribution in [0.3, 0.4) is 0 Å². The highest BCUT2D eigenvalue weighted by atomic mass is 16.8. The molecule has 0 amide bonds. The zero-order valence-corrected chi connectivity index (χ0v) is 10.6. The molecular weight excluding hydrogens is 252 g/mol. The van der Waals surface area contributed by atoms with Gasteiger partial charge in [-0.15, -0.1) is 0 Å². The molecule has 0 heterocycles. The molecule has 0 radical (unpaired) electrons. The number of hydrazone groups is 1. The summed E-state index contributed by atoms with van der Waals surface area (Å²) in [7, 11) is 0. The summed E-state index contributed by atoms with van der Waals surface area (Å²) in [5.41, 5.74) is 2.69. The average molecular weight is 270 g/mol. The molecule has 0 aliphatic carbocycles. The van der Waals surface area contributed by atoms with Crippen molar-refractivity contribution in [3.8, 4) is 0 Å². The number of benzene rings is 1. The lowest BCUT2D eigenvalue weighted by Gasteiger charge is -2.17. The molecule has 2 unspecified atom stereocenters. The van der Waals surface area contributed by atoms with Gasteiger partial charge in [-0.1, -0.05) is 13.3 Å². The van der Waals surface area contributed by atoms with Gasteiger partial charge in [0.15, 0.2) is 11.4 Å². The maximum atomic E-state index is 11.0. The summed E-state index contributed by atoms with van der Waals surface area (Å²) in [6, 6.07) is 3.83. The Morgan fingerprint density at radius 1 is 1.32 bits per heavy atom. The number of unbranched alkanes of at least 4 members (excludes halogenated alkanes) is 2. The Morgan fingerprint density at radius 3 is 2.63 bits per heavy atom. The van der Waals surface area contributed by atoms with Crippen molar-refractivity contribution in [3.63, 3.8) is 0 Å². The number of hydrogen-bond acceptors (Lipinski definition) is 6. The zero-order chi connectivity index (χ0) is 14.3. The fraction of sp³-hybridized carbons (Fsp3) is 0.364. The van der Waals surface area contributed by atoms with Crippen LogP contribution in [0.25, 0.3) is 0 Å². The highest BCUT2D eigenvalue weighted by Crippen LogP contribution is 2.20. The minimum Gasteiger partial charge on any atom is -0.595 e. The number of anilines is 1. The van der Waals surface area contributed by atoms with Crippen molar-refractivity contribution in [1.29, 1.82) is 0 Å². The first-order chi connectivity index (χ1) is 9.06. The second-order valence-electron chi connectivity index (χ2n) is 3.94. The van der Waals surface area contributed by atoms with Gasteiger partial charge < -0.3 is 10.4 Å². The molecule has 2 atom stereocenters. The van der Waals surface area contributed by atoms with Gasteiger partial charge in [0, 0.05) is 12.3 Å². The van der Waals surface area contributed by atoms with Crippen LogP contribution in [0.4, 0.5) is 17.1 Å². The number of quaternary nitrogens is 2. The molecular formula is C11H18N4O4. The molecule has 0 saturated carbocycles. The third-order valence-electron chi connectivity index (χ3n) is 2.46. The van der Waals surface area contributed by atoms with Crippen LogP contribution in [0, 0.1) is 10.4 Å². The first-order valence-electron chi connectivity index (χ1n) is 5.94. The second kappa shape index (κ2) is 7.79. The summed E-state index contributed by atoms with van der Waals surface area (Å²) in [6.07, 6.45) is 4.54. The van der Waals surface area contributed by atoms with E-state index in [0.717, 1.165) is 25.3 Å². The van der Waals surface area contributed by atoms with E-state index in [4.69, 9.17) is 10.4 Å². The number of nitrogens with zero attached hydrogens (tertiary/aromatic N) is 1. The van der Waals surface area contributed by atoms with Crippen LogP contribution in [0.2, 0.25) is 0 Å². The lowest BCUT2D eigenvalue weighted by atomic mass is 10.2. The average Bonchev–Trinajstić information content (AvgIpc) is 2.38. The Hall–Kier alpha value is -1.55. The van der Waals surface area contributed by atoms with Gasteiger partial charge >= 0.3 is 0 Å². The van der Waals surface area contributed by atoms with Crippen LogP contribution in [0.1, 0.15) is 26.2 Å². The molecule has 1 aromatic carbocycles. The van der Waals surface area contributed by atoms with Crippen LogP contribution in [-0.4, -0.2) is 16.6 Å². The summed E-state index contributed by atoms with van der Waals surface area (Å²) in [4.78, 5) is 0. The van der Waals surface area contributed by atoms with Gasteiger partial charge in [-0.25, -0.2) is 10.4 Å². The molecule has 0 aromatic heterocycles. The zero-order valence-electron chi connectivity index (χ0n) is 10.6. The molecule has 1 aromatic rings. The van der Waals surface area contributed by atoms with Crippen molar-refractivity contribution >= 4 is 23.3 Å². The first kappa shape index (κ1) is 15.5. The van der Waals surface area contributed by atoms with Gasteiger partial charge in [0.2, 0.25) is 0 Å². The fourth-order valence-electron chi connectivity index (χ4n) is 1.43. The Balaban J connectivity index is 2.79. The van der Waals surface area contributed by atoms with Gasteiger partial charge in [0.25, 0.3) is 0 Å². The Kier molecular flexibility index (Phi) is 6.36. The van der Waals surface area contributed by atoms with Crippen LogP contribution >= 0.6 is 0 Å². The van der Waals surface area contributed by atoms with Crippen molar-refractivity contribution in [2.45, 2.75) is 26.2 Å². The standard InChI is InChI=1S/C11H18N4O4/c1-2-3-4-7-12-13-10-6-5-9(14(16)17)8-11(10)15(18)19/h5-8,13-16,18H,2-4H2,1H3. The van der Waals surface area contributed by atoms with Crippen molar-refractivity contribution in [2.24, 2.45) is 5.10 Å². The van der Waals surface area contributed by atoms with E-state index < -0.39 is 10.5 Å². The van der Waals surface area contributed by atoms with E-state index in [2.05, 4.69) is 17.5 Å². The first-order valence-corrected chi connectivity index (χ1v) is 5.94. The molecule has 0 aliphatic rings. The summed E-state index contributed by atoms with van der Waals surface area (Å²) in [5.74, 6) is 0. The van der Waals surface area contributed by atoms with E-state index in [0.29, 0.717) is 0 Å². The largest absolute Gasteiger partial charge is 0.595 e. The second-order valence-corrected chi connectivity index (χ2v) is 3.94.